The molecule has 0 aliphatic carbocycles. The first-order chi connectivity index (χ1) is 9.65. The lowest BCUT2D eigenvalue weighted by atomic mass is 9.85. The van der Waals surface area contributed by atoms with Gasteiger partial charge in [-0.3, -0.25) is 0 Å². The highest BCUT2D eigenvalue weighted by molar-refractivity contribution is 5.41. The van der Waals surface area contributed by atoms with Crippen LogP contribution in [0.2, 0.25) is 0 Å². The molecule has 0 radical (unpaired) electrons. The monoisotopic (exact) mass is 292 g/mol. The quantitative estimate of drug-likeness (QED) is 0.825. The Morgan fingerprint density at radius 1 is 1.10 bits per heavy atom. The fraction of sp³-hybridized carbons (Fsp3) is 0.722. The highest BCUT2D eigenvalue weighted by Crippen LogP contribution is 2.25. The van der Waals surface area contributed by atoms with Crippen molar-refractivity contribution in [3.63, 3.8) is 0 Å². The van der Waals surface area contributed by atoms with E-state index in [1.54, 1.807) is 0 Å². The summed E-state index contributed by atoms with van der Waals surface area (Å²) in [5.41, 5.74) is 1.92. The summed E-state index contributed by atoms with van der Waals surface area (Å²) in [6, 6.07) is 3.94. The first-order valence-corrected chi connectivity index (χ1v) is 8.01. The summed E-state index contributed by atoms with van der Waals surface area (Å²) in [5.74, 6) is 2.77. The molecule has 0 spiro atoms. The van der Waals surface area contributed by atoms with Crippen LogP contribution in [0.4, 0.5) is 5.82 Å². The Kier molecular flexibility index (Phi) is 6.21. The first kappa shape index (κ1) is 18.0. The Hall–Kier alpha value is -1.09. The smallest absolute Gasteiger partial charge is 0.126 e. The van der Waals surface area contributed by atoms with E-state index in [0.29, 0.717) is 17.8 Å². The van der Waals surface area contributed by atoms with Crippen molar-refractivity contribution in [3.8, 4) is 0 Å². The number of anilines is 1. The van der Waals surface area contributed by atoms with Crippen molar-refractivity contribution in [1.82, 2.24) is 4.98 Å². The van der Waals surface area contributed by atoms with Gasteiger partial charge in [-0.25, -0.2) is 4.98 Å². The minimum absolute atomic E-state index is 0.0168. The topological polar surface area (TPSA) is 45.1 Å². The van der Waals surface area contributed by atoms with Gasteiger partial charge in [0.15, 0.2) is 0 Å². The fourth-order valence-electron chi connectivity index (χ4n) is 2.62. The highest BCUT2D eigenvalue weighted by atomic mass is 16.3. The zero-order chi connectivity index (χ0) is 16.2. The molecule has 1 heterocycles. The average Bonchev–Trinajstić information content (AvgIpc) is 2.36. The minimum atomic E-state index is -0.0168. The van der Waals surface area contributed by atoms with Crippen molar-refractivity contribution < 1.29 is 5.11 Å². The van der Waals surface area contributed by atoms with E-state index in [9.17, 15) is 5.11 Å². The molecular weight excluding hydrogens is 260 g/mol. The van der Waals surface area contributed by atoms with E-state index in [2.05, 4.69) is 53.8 Å². The van der Waals surface area contributed by atoms with Gasteiger partial charge >= 0.3 is 0 Å². The summed E-state index contributed by atoms with van der Waals surface area (Å²) in [6.07, 6.45) is 0. The van der Waals surface area contributed by atoms with Gasteiger partial charge in [0.1, 0.15) is 5.82 Å². The zero-order valence-corrected chi connectivity index (χ0v) is 14.7. The lowest BCUT2D eigenvalue weighted by molar-refractivity contribution is 0.281. The predicted molar refractivity (Wildman–Crippen MR) is 90.5 cm³/mol. The van der Waals surface area contributed by atoms with E-state index in [-0.39, 0.29) is 12.0 Å². The number of nitrogens with one attached hydrogen (secondary N) is 1. The van der Waals surface area contributed by atoms with Crippen molar-refractivity contribution in [1.29, 1.82) is 0 Å². The molecule has 3 heteroatoms. The fourth-order valence-corrected chi connectivity index (χ4v) is 2.62. The number of rotatable bonds is 6. The van der Waals surface area contributed by atoms with E-state index in [1.165, 1.54) is 0 Å². The van der Waals surface area contributed by atoms with Crippen LogP contribution in [0.3, 0.4) is 0 Å². The maximum atomic E-state index is 9.45. The second-order valence-electron chi connectivity index (χ2n) is 7.69. The molecule has 1 aromatic rings. The molecule has 0 amide bonds. The molecule has 0 aromatic carbocycles. The third-order valence-corrected chi connectivity index (χ3v) is 4.07. The normalized spacial score (nSPS) is 12.5. The molecule has 0 aliphatic rings. The molecule has 0 bridgehead atoms. The SMILES string of the molecule is CC(C)C(CNc1cc(CO)cc(C(C)(C)C)n1)C(C)C. The minimum Gasteiger partial charge on any atom is -0.392 e. The van der Waals surface area contributed by atoms with Crippen LogP contribution in [-0.4, -0.2) is 16.6 Å². The summed E-state index contributed by atoms with van der Waals surface area (Å²) >= 11 is 0. The van der Waals surface area contributed by atoms with E-state index >= 15 is 0 Å². The summed E-state index contributed by atoms with van der Waals surface area (Å²) in [7, 11) is 0. The molecule has 0 unspecified atom stereocenters. The predicted octanol–water partition coefficient (Wildman–Crippen LogP) is 4.21. The molecule has 120 valence electrons. The summed E-state index contributed by atoms with van der Waals surface area (Å²) in [5, 5.41) is 12.9. The first-order valence-electron chi connectivity index (χ1n) is 8.01. The van der Waals surface area contributed by atoms with Gasteiger partial charge in [-0.2, -0.15) is 0 Å². The van der Waals surface area contributed by atoms with Crippen LogP contribution in [0.25, 0.3) is 0 Å². The zero-order valence-electron chi connectivity index (χ0n) is 14.7. The van der Waals surface area contributed by atoms with Crippen molar-refractivity contribution in [3.05, 3.63) is 23.4 Å². The van der Waals surface area contributed by atoms with Crippen LogP contribution in [0, 0.1) is 17.8 Å². The van der Waals surface area contributed by atoms with Crippen LogP contribution in [0.15, 0.2) is 12.1 Å². The van der Waals surface area contributed by atoms with Gasteiger partial charge in [0, 0.05) is 17.7 Å². The van der Waals surface area contributed by atoms with Crippen molar-refractivity contribution >= 4 is 5.82 Å². The van der Waals surface area contributed by atoms with Crippen molar-refractivity contribution in [2.45, 2.75) is 60.5 Å². The molecule has 21 heavy (non-hydrogen) atoms. The number of pyridine rings is 1. The number of aliphatic hydroxyl groups is 1. The van der Waals surface area contributed by atoms with E-state index in [1.807, 2.05) is 12.1 Å². The van der Waals surface area contributed by atoms with Crippen molar-refractivity contribution in [2.75, 3.05) is 11.9 Å². The Balaban J connectivity index is 2.92. The van der Waals surface area contributed by atoms with E-state index in [4.69, 9.17) is 4.98 Å². The Bertz CT molecular complexity index is 439. The number of hydrogen-bond donors (Lipinski definition) is 2. The van der Waals surface area contributed by atoms with Crippen LogP contribution in [0.5, 0.6) is 0 Å². The number of hydrogen-bond acceptors (Lipinski definition) is 3. The molecule has 0 fully saturated rings. The van der Waals surface area contributed by atoms with Gasteiger partial charge in [0.25, 0.3) is 0 Å². The van der Waals surface area contributed by atoms with Crippen LogP contribution in [-0.2, 0) is 12.0 Å². The highest BCUT2D eigenvalue weighted by Gasteiger charge is 2.19. The number of aromatic nitrogens is 1. The Morgan fingerprint density at radius 3 is 2.10 bits per heavy atom. The van der Waals surface area contributed by atoms with Crippen LogP contribution < -0.4 is 5.32 Å². The molecule has 0 saturated carbocycles. The number of nitrogens with zero attached hydrogens (tertiary/aromatic N) is 1. The van der Waals surface area contributed by atoms with Gasteiger partial charge < -0.3 is 10.4 Å². The van der Waals surface area contributed by atoms with Gasteiger partial charge in [-0.05, 0) is 35.4 Å². The molecule has 1 aromatic heterocycles. The molecule has 0 saturated heterocycles. The summed E-state index contributed by atoms with van der Waals surface area (Å²) < 4.78 is 0. The molecule has 0 aliphatic heterocycles. The lowest BCUT2D eigenvalue weighted by Gasteiger charge is -2.26. The number of aliphatic hydroxyl groups excluding tert-OH is 1. The third-order valence-electron chi connectivity index (χ3n) is 4.07. The van der Waals surface area contributed by atoms with Gasteiger partial charge in [-0.1, -0.05) is 48.5 Å². The maximum Gasteiger partial charge on any atom is 0.126 e. The Morgan fingerprint density at radius 2 is 1.67 bits per heavy atom. The van der Waals surface area contributed by atoms with Crippen LogP contribution >= 0.6 is 0 Å². The average molecular weight is 292 g/mol. The van der Waals surface area contributed by atoms with E-state index < -0.39 is 0 Å². The standard InChI is InChI=1S/C18H32N2O/c1-12(2)15(13(3)4)10-19-17-9-14(11-21)8-16(20-17)18(5,6)7/h8-9,12-13,15,21H,10-11H2,1-7H3,(H,19,20). The molecule has 0 atom stereocenters. The van der Waals surface area contributed by atoms with Gasteiger partial charge in [0.2, 0.25) is 0 Å². The van der Waals surface area contributed by atoms with Gasteiger partial charge in [-0.15, -0.1) is 0 Å². The lowest BCUT2D eigenvalue weighted by Crippen LogP contribution is -2.25. The molecule has 3 nitrogen and oxygen atoms in total. The van der Waals surface area contributed by atoms with Crippen molar-refractivity contribution in [2.24, 2.45) is 17.8 Å². The second kappa shape index (κ2) is 7.26. The molecular formula is C18H32N2O. The molecule has 2 N–H and O–H groups in total. The largest absolute Gasteiger partial charge is 0.392 e. The van der Waals surface area contributed by atoms with Crippen LogP contribution in [0.1, 0.15) is 59.7 Å². The maximum absolute atomic E-state index is 9.45. The summed E-state index contributed by atoms with van der Waals surface area (Å²) in [4.78, 5) is 4.72. The third kappa shape index (κ3) is 5.31. The molecule has 1 rings (SSSR count). The van der Waals surface area contributed by atoms with E-state index in [0.717, 1.165) is 23.6 Å². The summed E-state index contributed by atoms with van der Waals surface area (Å²) in [6.45, 7) is 16.5. The Labute approximate surface area is 130 Å². The second-order valence-corrected chi connectivity index (χ2v) is 7.69. The van der Waals surface area contributed by atoms with Gasteiger partial charge in [0.05, 0.1) is 6.61 Å².